The highest BCUT2D eigenvalue weighted by Gasteiger charge is 2.76. The Bertz CT molecular complexity index is 892. The molecule has 0 saturated heterocycles. The number of ether oxygens (including phenoxy) is 2. The molecule has 182 valence electrons. The van der Waals surface area contributed by atoms with Gasteiger partial charge in [-0.3, -0.25) is 14.1 Å². The number of ketones is 1. The molecule has 0 spiro atoms. The topological polar surface area (TPSA) is 124 Å². The fourth-order valence-corrected chi connectivity index (χ4v) is 6.12. The van der Waals surface area contributed by atoms with Crippen molar-refractivity contribution >= 4 is 27.8 Å². The summed E-state index contributed by atoms with van der Waals surface area (Å²) < 4.78 is 118. The van der Waals surface area contributed by atoms with Gasteiger partial charge in [-0.2, -0.15) is 34.8 Å². The van der Waals surface area contributed by atoms with E-state index < -0.39 is 69.6 Å². The molecule has 4 fully saturated rings. The lowest BCUT2D eigenvalue weighted by Gasteiger charge is -2.53. The summed E-state index contributed by atoms with van der Waals surface area (Å²) in [7, 11) is -5.92. The van der Waals surface area contributed by atoms with Crippen LogP contribution >= 0.6 is 0 Å². The number of hydrogen-bond donors (Lipinski definition) is 1. The number of hydrogen-bond acceptors (Lipinski definition) is 7. The van der Waals surface area contributed by atoms with Gasteiger partial charge in [-0.15, -0.1) is 0 Å². The predicted octanol–water partition coefficient (Wildman–Crippen LogP) is 2.22. The van der Waals surface area contributed by atoms with Crippen LogP contribution < -0.4 is 0 Å². The summed E-state index contributed by atoms with van der Waals surface area (Å²) in [6.45, 7) is -1.64. The number of Topliss-reactive ketones (excluding diaryl/α,β-unsaturated/α-hetero) is 1. The monoisotopic (exact) mass is 496 g/mol. The van der Waals surface area contributed by atoms with Crippen molar-refractivity contribution in [2.75, 3.05) is 12.4 Å². The van der Waals surface area contributed by atoms with Crippen molar-refractivity contribution in [1.29, 1.82) is 0 Å². The van der Waals surface area contributed by atoms with Gasteiger partial charge in [0, 0.05) is 11.8 Å². The first-order chi connectivity index (χ1) is 14.4. The van der Waals surface area contributed by atoms with E-state index in [1.54, 1.807) is 0 Å². The Morgan fingerprint density at radius 3 is 1.94 bits per heavy atom. The SMILES string of the molecule is O=C(COC(=O)C12CC3CC(C1)C(=O)C(C3)C2)OC(CS(=O)(=O)O)(C(F)(F)F)C(F)(F)F. The van der Waals surface area contributed by atoms with Gasteiger partial charge in [0.1, 0.15) is 11.5 Å². The van der Waals surface area contributed by atoms with Crippen molar-refractivity contribution in [2.45, 2.75) is 50.1 Å². The Hall–Kier alpha value is -1.90. The van der Waals surface area contributed by atoms with Crippen LogP contribution in [-0.4, -0.2) is 61.0 Å². The molecule has 0 aromatic carbocycles. The van der Waals surface area contributed by atoms with Gasteiger partial charge in [0.25, 0.3) is 10.1 Å². The Labute approximate surface area is 177 Å². The van der Waals surface area contributed by atoms with Crippen LogP contribution in [0.3, 0.4) is 0 Å². The van der Waals surface area contributed by atoms with Crippen molar-refractivity contribution in [3.05, 3.63) is 0 Å². The number of esters is 2. The maximum Gasteiger partial charge on any atom is 0.438 e. The highest BCUT2D eigenvalue weighted by atomic mass is 32.2. The highest BCUT2D eigenvalue weighted by molar-refractivity contribution is 7.85. The molecule has 2 unspecified atom stereocenters. The Kier molecular flexibility index (Phi) is 5.85. The van der Waals surface area contributed by atoms with E-state index in [2.05, 4.69) is 9.47 Å². The van der Waals surface area contributed by atoms with Gasteiger partial charge in [0.15, 0.2) is 6.61 Å². The first-order valence-electron chi connectivity index (χ1n) is 9.40. The van der Waals surface area contributed by atoms with E-state index in [0.29, 0.717) is 19.3 Å². The summed E-state index contributed by atoms with van der Waals surface area (Å²) >= 11 is 0. The Morgan fingerprint density at radius 1 is 1.00 bits per heavy atom. The van der Waals surface area contributed by atoms with Crippen LogP contribution in [0.25, 0.3) is 0 Å². The lowest BCUT2D eigenvalue weighted by Crippen LogP contribution is -2.63. The summed E-state index contributed by atoms with van der Waals surface area (Å²) in [5, 5.41) is 0. The smallest absolute Gasteiger partial charge is 0.438 e. The molecule has 8 nitrogen and oxygen atoms in total. The third kappa shape index (κ3) is 4.32. The highest BCUT2D eigenvalue weighted by Crippen LogP contribution is 2.59. The zero-order valence-corrected chi connectivity index (χ0v) is 17.0. The minimum Gasteiger partial charge on any atom is -0.453 e. The molecule has 4 aliphatic rings. The van der Waals surface area contributed by atoms with E-state index in [1.807, 2.05) is 0 Å². The van der Waals surface area contributed by atoms with Crippen LogP contribution in [0.2, 0.25) is 0 Å². The summed E-state index contributed by atoms with van der Waals surface area (Å²) in [5.41, 5.74) is -6.73. The van der Waals surface area contributed by atoms with Gasteiger partial charge in [0.05, 0.1) is 5.41 Å². The molecule has 4 saturated carbocycles. The second-order valence-electron chi connectivity index (χ2n) is 8.63. The Morgan fingerprint density at radius 2 is 1.50 bits per heavy atom. The second kappa shape index (κ2) is 7.57. The third-order valence-electron chi connectivity index (χ3n) is 6.34. The molecule has 0 amide bonds. The molecule has 2 atom stereocenters. The van der Waals surface area contributed by atoms with E-state index in [9.17, 15) is 49.1 Å². The molecule has 4 aliphatic carbocycles. The fourth-order valence-electron chi connectivity index (χ4n) is 5.22. The average Bonchev–Trinajstić information content (AvgIpc) is 2.59. The number of carbonyl (C=O) groups excluding carboxylic acids is 3. The van der Waals surface area contributed by atoms with Gasteiger partial charge in [-0.1, -0.05) is 0 Å². The summed E-state index contributed by atoms with van der Waals surface area (Å²) in [6.07, 6.45) is -11.2. The maximum atomic E-state index is 13.2. The quantitative estimate of drug-likeness (QED) is 0.337. The standard InChI is InChI=1S/C17H18F6O8S/c18-16(19,20)15(17(21,22)23,7-32(27,28)29)31-11(24)6-30-13(26)14-3-8-1-9(4-14)12(25)10(2-8)5-14/h8-10H,1-7H2,(H,27,28,29). The van der Waals surface area contributed by atoms with Crippen LogP contribution in [0.1, 0.15) is 32.1 Å². The number of rotatable bonds is 6. The van der Waals surface area contributed by atoms with Crippen molar-refractivity contribution in [3.8, 4) is 0 Å². The zero-order chi connectivity index (χ0) is 24.3. The lowest BCUT2D eigenvalue weighted by atomic mass is 9.49. The molecule has 15 heteroatoms. The first-order valence-corrected chi connectivity index (χ1v) is 11.0. The first kappa shape index (κ1) is 24.7. The van der Waals surface area contributed by atoms with Crippen LogP contribution in [-0.2, 0) is 34.0 Å². The largest absolute Gasteiger partial charge is 0.453 e. The van der Waals surface area contributed by atoms with Crippen molar-refractivity contribution in [3.63, 3.8) is 0 Å². The minimum absolute atomic E-state index is 0.00846. The van der Waals surface area contributed by atoms with E-state index >= 15 is 0 Å². The molecule has 0 radical (unpaired) electrons. The maximum absolute atomic E-state index is 13.2. The van der Waals surface area contributed by atoms with Crippen molar-refractivity contribution in [1.82, 2.24) is 0 Å². The number of halogens is 6. The summed E-state index contributed by atoms with van der Waals surface area (Å²) in [6, 6.07) is 0. The molecular formula is C17H18F6O8S. The Balaban J connectivity index is 1.73. The van der Waals surface area contributed by atoms with E-state index in [1.165, 1.54) is 0 Å². The molecular weight excluding hydrogens is 478 g/mol. The normalized spacial score (nSPS) is 30.3. The molecule has 4 bridgehead atoms. The number of carbonyl (C=O) groups is 3. The molecule has 0 aliphatic heterocycles. The average molecular weight is 496 g/mol. The van der Waals surface area contributed by atoms with Crippen LogP contribution in [0.15, 0.2) is 0 Å². The second-order valence-corrected chi connectivity index (χ2v) is 10.1. The molecule has 1 N–H and O–H groups in total. The molecule has 0 aromatic heterocycles. The third-order valence-corrected chi connectivity index (χ3v) is 7.11. The van der Waals surface area contributed by atoms with E-state index in [0.717, 1.165) is 0 Å². The number of alkyl halides is 6. The zero-order valence-electron chi connectivity index (χ0n) is 16.2. The van der Waals surface area contributed by atoms with Crippen LogP contribution in [0.4, 0.5) is 26.3 Å². The van der Waals surface area contributed by atoms with Gasteiger partial charge in [-0.25, -0.2) is 4.79 Å². The summed E-state index contributed by atoms with van der Waals surface area (Å²) in [5.74, 6) is -7.10. The summed E-state index contributed by atoms with van der Waals surface area (Å²) in [4.78, 5) is 36.5. The fraction of sp³-hybridized carbons (Fsp3) is 0.824. The molecule has 0 heterocycles. The van der Waals surface area contributed by atoms with Crippen LogP contribution in [0.5, 0.6) is 0 Å². The van der Waals surface area contributed by atoms with E-state index in [4.69, 9.17) is 4.55 Å². The van der Waals surface area contributed by atoms with Gasteiger partial charge in [0.2, 0.25) is 0 Å². The van der Waals surface area contributed by atoms with Crippen LogP contribution in [0, 0.1) is 23.2 Å². The van der Waals surface area contributed by atoms with Crippen molar-refractivity contribution in [2.24, 2.45) is 23.2 Å². The van der Waals surface area contributed by atoms with Crippen molar-refractivity contribution < 1.29 is 63.2 Å². The predicted molar refractivity (Wildman–Crippen MR) is 89.3 cm³/mol. The molecule has 32 heavy (non-hydrogen) atoms. The van der Waals surface area contributed by atoms with Gasteiger partial charge >= 0.3 is 29.9 Å². The lowest BCUT2D eigenvalue weighted by molar-refractivity contribution is -0.361. The van der Waals surface area contributed by atoms with Gasteiger partial charge < -0.3 is 9.47 Å². The van der Waals surface area contributed by atoms with Gasteiger partial charge in [-0.05, 0) is 38.0 Å². The molecule has 4 rings (SSSR count). The van der Waals surface area contributed by atoms with E-state index in [-0.39, 0.29) is 24.5 Å². The minimum atomic E-state index is -6.47. The molecule has 0 aromatic rings.